The Kier molecular flexibility index (Phi) is 7.70. The van der Waals surface area contributed by atoms with Crippen LogP contribution >= 0.6 is 0 Å². The van der Waals surface area contributed by atoms with Gasteiger partial charge in [0.15, 0.2) is 11.5 Å². The molecule has 176 valence electrons. The van der Waals surface area contributed by atoms with Gasteiger partial charge in [-0.2, -0.15) is 10.2 Å². The molecule has 0 spiro atoms. The van der Waals surface area contributed by atoms with Crippen LogP contribution in [-0.4, -0.2) is 44.6 Å². The van der Waals surface area contributed by atoms with Gasteiger partial charge in [-0.3, -0.25) is 19.0 Å². The molecule has 0 fully saturated rings. The third-order valence-electron chi connectivity index (χ3n) is 5.08. The maximum atomic E-state index is 13.0. The van der Waals surface area contributed by atoms with Gasteiger partial charge >= 0.3 is 0 Å². The van der Waals surface area contributed by atoms with E-state index in [1.165, 1.54) is 6.20 Å². The summed E-state index contributed by atoms with van der Waals surface area (Å²) in [5.74, 6) is 0.581. The predicted octanol–water partition coefficient (Wildman–Crippen LogP) is 3.18. The first-order valence-electron chi connectivity index (χ1n) is 10.9. The summed E-state index contributed by atoms with van der Waals surface area (Å²) in [5, 5.41) is 14.0. The second kappa shape index (κ2) is 10.7. The molecule has 2 aromatic heterocycles. The highest BCUT2D eigenvalue weighted by Crippen LogP contribution is 2.29. The molecule has 0 unspecified atom stereocenters. The lowest BCUT2D eigenvalue weighted by Crippen LogP contribution is -2.22. The zero-order chi connectivity index (χ0) is 24.0. The standard InChI is InChI=1S/C23H30N6O4/c1-6-29-22(23(31)27-17-13-24-28(5)15(17)4)18(14-25-29)26-21(30)12-16-9-10-19(32-7-2)20(11-16)33-8-3/h9-11,13-14H,6-8,12H2,1-5H3,(H,26,30)(H,27,31). The van der Waals surface area contributed by atoms with E-state index in [2.05, 4.69) is 20.8 Å². The summed E-state index contributed by atoms with van der Waals surface area (Å²) >= 11 is 0. The van der Waals surface area contributed by atoms with E-state index in [-0.39, 0.29) is 23.9 Å². The second-order valence-corrected chi connectivity index (χ2v) is 7.32. The Morgan fingerprint density at radius 2 is 1.67 bits per heavy atom. The summed E-state index contributed by atoms with van der Waals surface area (Å²) in [5.41, 5.74) is 2.80. The summed E-state index contributed by atoms with van der Waals surface area (Å²) in [7, 11) is 1.80. The lowest BCUT2D eigenvalue weighted by atomic mass is 10.1. The fourth-order valence-corrected chi connectivity index (χ4v) is 3.34. The van der Waals surface area contributed by atoms with Crippen LogP contribution in [0.4, 0.5) is 11.4 Å². The molecule has 0 aliphatic rings. The number of nitrogens with zero attached hydrogens (tertiary/aromatic N) is 4. The molecule has 2 N–H and O–H groups in total. The van der Waals surface area contributed by atoms with E-state index in [0.717, 1.165) is 11.3 Å². The average molecular weight is 455 g/mol. The molecule has 0 atom stereocenters. The minimum Gasteiger partial charge on any atom is -0.490 e. The van der Waals surface area contributed by atoms with E-state index < -0.39 is 0 Å². The molecule has 0 bridgehead atoms. The molecule has 2 amide bonds. The SMILES string of the molecule is CCOc1ccc(CC(=O)Nc2cnn(CC)c2C(=O)Nc2cnn(C)c2C)cc1OCC. The third-order valence-corrected chi connectivity index (χ3v) is 5.08. The van der Waals surface area contributed by atoms with E-state index in [1.807, 2.05) is 33.8 Å². The van der Waals surface area contributed by atoms with Crippen molar-refractivity contribution in [1.29, 1.82) is 0 Å². The molecular weight excluding hydrogens is 424 g/mol. The largest absolute Gasteiger partial charge is 0.490 e. The zero-order valence-electron chi connectivity index (χ0n) is 19.6. The van der Waals surface area contributed by atoms with Gasteiger partial charge in [0.05, 0.1) is 49.1 Å². The minimum atomic E-state index is -0.375. The maximum absolute atomic E-state index is 13.0. The Bertz CT molecular complexity index is 1130. The minimum absolute atomic E-state index is 0.104. The molecule has 10 nitrogen and oxygen atoms in total. The van der Waals surface area contributed by atoms with Crippen LogP contribution in [0.5, 0.6) is 11.5 Å². The first-order valence-corrected chi connectivity index (χ1v) is 10.9. The van der Waals surface area contributed by atoms with Crippen molar-refractivity contribution in [2.75, 3.05) is 23.8 Å². The van der Waals surface area contributed by atoms with Crippen LogP contribution in [0.2, 0.25) is 0 Å². The van der Waals surface area contributed by atoms with E-state index >= 15 is 0 Å². The molecular formula is C23H30N6O4. The number of aromatic nitrogens is 4. The van der Waals surface area contributed by atoms with Gasteiger partial charge in [0, 0.05) is 13.6 Å². The van der Waals surface area contributed by atoms with Crippen LogP contribution in [0.15, 0.2) is 30.6 Å². The Hall–Kier alpha value is -3.82. The molecule has 0 aliphatic carbocycles. The smallest absolute Gasteiger partial charge is 0.276 e. The number of carbonyl (C=O) groups is 2. The van der Waals surface area contributed by atoms with Gasteiger partial charge in [-0.25, -0.2) is 0 Å². The second-order valence-electron chi connectivity index (χ2n) is 7.32. The van der Waals surface area contributed by atoms with Gasteiger partial charge < -0.3 is 20.1 Å². The Morgan fingerprint density at radius 1 is 0.970 bits per heavy atom. The fraction of sp³-hybridized carbons (Fsp3) is 0.391. The van der Waals surface area contributed by atoms with Gasteiger partial charge in [0.2, 0.25) is 5.91 Å². The van der Waals surface area contributed by atoms with E-state index in [9.17, 15) is 9.59 Å². The number of aryl methyl sites for hydroxylation is 2. The van der Waals surface area contributed by atoms with Crippen LogP contribution < -0.4 is 20.1 Å². The first-order chi connectivity index (χ1) is 15.9. The van der Waals surface area contributed by atoms with E-state index in [4.69, 9.17) is 9.47 Å². The number of hydrogen-bond donors (Lipinski definition) is 2. The third kappa shape index (κ3) is 5.51. The number of anilines is 2. The van der Waals surface area contributed by atoms with Gasteiger partial charge in [0.1, 0.15) is 5.69 Å². The van der Waals surface area contributed by atoms with Crippen molar-refractivity contribution in [3.63, 3.8) is 0 Å². The van der Waals surface area contributed by atoms with Crippen LogP contribution in [0.1, 0.15) is 42.5 Å². The normalized spacial score (nSPS) is 10.7. The zero-order valence-corrected chi connectivity index (χ0v) is 19.6. The van der Waals surface area contributed by atoms with Gasteiger partial charge in [-0.1, -0.05) is 6.07 Å². The fourth-order valence-electron chi connectivity index (χ4n) is 3.34. The lowest BCUT2D eigenvalue weighted by molar-refractivity contribution is -0.115. The number of ether oxygens (including phenoxy) is 2. The lowest BCUT2D eigenvalue weighted by Gasteiger charge is -2.13. The summed E-state index contributed by atoms with van der Waals surface area (Å²) in [4.78, 5) is 25.8. The molecule has 0 saturated carbocycles. The van der Waals surface area contributed by atoms with Crippen molar-refractivity contribution < 1.29 is 19.1 Å². The molecule has 33 heavy (non-hydrogen) atoms. The van der Waals surface area contributed by atoms with Crippen molar-refractivity contribution in [3.8, 4) is 11.5 Å². The molecule has 0 aliphatic heterocycles. The predicted molar refractivity (Wildman–Crippen MR) is 125 cm³/mol. The molecule has 10 heteroatoms. The molecule has 3 aromatic rings. The average Bonchev–Trinajstić information content (AvgIpc) is 3.33. The summed E-state index contributed by atoms with van der Waals surface area (Å²) in [6.07, 6.45) is 3.17. The monoisotopic (exact) mass is 454 g/mol. The first kappa shape index (κ1) is 23.8. The van der Waals surface area contributed by atoms with Crippen molar-refractivity contribution >= 4 is 23.2 Å². The van der Waals surface area contributed by atoms with Gasteiger partial charge in [0.25, 0.3) is 5.91 Å². The summed E-state index contributed by atoms with van der Waals surface area (Å²) < 4.78 is 14.4. The van der Waals surface area contributed by atoms with Gasteiger partial charge in [-0.05, 0) is 45.4 Å². The summed E-state index contributed by atoms with van der Waals surface area (Å²) in [6, 6.07) is 5.41. The molecule has 0 radical (unpaired) electrons. The van der Waals surface area contributed by atoms with Crippen LogP contribution in [0.25, 0.3) is 0 Å². The Labute approximate surface area is 192 Å². The highest BCUT2D eigenvalue weighted by molar-refractivity contribution is 6.09. The van der Waals surface area contributed by atoms with Crippen LogP contribution in [0, 0.1) is 6.92 Å². The highest BCUT2D eigenvalue weighted by Gasteiger charge is 2.21. The highest BCUT2D eigenvalue weighted by atomic mass is 16.5. The Morgan fingerprint density at radius 3 is 2.30 bits per heavy atom. The van der Waals surface area contributed by atoms with Crippen molar-refractivity contribution in [1.82, 2.24) is 19.6 Å². The molecule has 3 rings (SSSR count). The van der Waals surface area contributed by atoms with E-state index in [1.54, 1.807) is 34.7 Å². The maximum Gasteiger partial charge on any atom is 0.276 e. The number of amides is 2. The molecule has 2 heterocycles. The topological polar surface area (TPSA) is 112 Å². The van der Waals surface area contributed by atoms with Crippen molar-refractivity contribution in [2.45, 2.75) is 40.7 Å². The van der Waals surface area contributed by atoms with Gasteiger partial charge in [-0.15, -0.1) is 0 Å². The van der Waals surface area contributed by atoms with E-state index in [0.29, 0.717) is 42.6 Å². The van der Waals surface area contributed by atoms with Crippen LogP contribution in [-0.2, 0) is 24.8 Å². The van der Waals surface area contributed by atoms with Crippen molar-refractivity contribution in [3.05, 3.63) is 47.5 Å². The van der Waals surface area contributed by atoms with Crippen molar-refractivity contribution in [2.24, 2.45) is 7.05 Å². The number of benzene rings is 1. The number of hydrogen-bond acceptors (Lipinski definition) is 6. The quantitative estimate of drug-likeness (QED) is 0.487. The number of nitrogens with one attached hydrogen (secondary N) is 2. The Balaban J connectivity index is 1.76. The molecule has 0 saturated heterocycles. The number of carbonyl (C=O) groups excluding carboxylic acids is 2. The summed E-state index contributed by atoms with van der Waals surface area (Å²) in [6.45, 7) is 9.00. The van der Waals surface area contributed by atoms with Crippen LogP contribution in [0.3, 0.4) is 0 Å². The number of rotatable bonds is 10. The molecule has 1 aromatic carbocycles.